The molecule has 2 aromatic rings. The third kappa shape index (κ3) is 7.96. The molecule has 1 aromatic carbocycles. The summed E-state index contributed by atoms with van der Waals surface area (Å²) in [6, 6.07) is 6.71. The lowest BCUT2D eigenvalue weighted by molar-refractivity contribution is -0.192. The van der Waals surface area contributed by atoms with Gasteiger partial charge in [0.2, 0.25) is 5.82 Å². The fraction of sp³-hybridized carbons (Fsp3) is 0.583. The Labute approximate surface area is 211 Å². The lowest BCUT2D eigenvalue weighted by Gasteiger charge is -2.41. The number of benzene rings is 1. The van der Waals surface area contributed by atoms with Crippen molar-refractivity contribution in [3.05, 3.63) is 47.3 Å². The summed E-state index contributed by atoms with van der Waals surface area (Å²) < 4.78 is 52.8. The van der Waals surface area contributed by atoms with E-state index in [4.69, 9.17) is 14.6 Å². The molecule has 2 aliphatic rings. The Morgan fingerprint density at radius 1 is 1.11 bits per heavy atom. The van der Waals surface area contributed by atoms with Crippen molar-refractivity contribution >= 4 is 11.9 Å². The third-order valence-corrected chi connectivity index (χ3v) is 6.13. The second-order valence-electron chi connectivity index (χ2n) is 10.4. The second kappa shape index (κ2) is 11.1. The number of halogens is 4. The first-order chi connectivity index (χ1) is 17.2. The predicted octanol–water partition coefficient (Wildman–Crippen LogP) is 3.39. The molecule has 1 saturated heterocycles. The summed E-state index contributed by atoms with van der Waals surface area (Å²) >= 11 is 0. The van der Waals surface area contributed by atoms with E-state index in [-0.39, 0.29) is 22.7 Å². The maximum Gasteiger partial charge on any atom is 0.490 e. The number of carbonyl (C=O) groups excluding carboxylic acids is 1. The highest BCUT2D eigenvalue weighted by molar-refractivity contribution is 5.91. The number of nitrogens with one attached hydrogen (secondary N) is 1. The molecule has 1 fully saturated rings. The minimum absolute atomic E-state index is 0.0380. The average Bonchev–Trinajstić information content (AvgIpc) is 3.09. The minimum Gasteiger partial charge on any atom is -0.475 e. The summed E-state index contributed by atoms with van der Waals surface area (Å²) in [4.78, 5) is 24.0. The van der Waals surface area contributed by atoms with Crippen molar-refractivity contribution in [3.63, 3.8) is 0 Å². The fourth-order valence-corrected chi connectivity index (χ4v) is 4.25. The van der Waals surface area contributed by atoms with Crippen LogP contribution in [-0.2, 0) is 29.2 Å². The van der Waals surface area contributed by atoms with Gasteiger partial charge in [-0.15, -0.1) is 10.2 Å². The molecule has 2 aliphatic heterocycles. The van der Waals surface area contributed by atoms with Gasteiger partial charge < -0.3 is 19.7 Å². The molecule has 0 bridgehead atoms. The Morgan fingerprint density at radius 2 is 1.70 bits per heavy atom. The molecule has 1 aromatic heterocycles. The molecule has 0 aliphatic carbocycles. The molecular formula is C24H31F4N5O4. The number of rotatable bonds is 3. The Balaban J connectivity index is 0.000000479. The van der Waals surface area contributed by atoms with Gasteiger partial charge in [-0.2, -0.15) is 13.2 Å². The van der Waals surface area contributed by atoms with E-state index in [1.807, 2.05) is 37.5 Å². The lowest BCUT2D eigenvalue weighted by Crippen LogP contribution is -2.45. The molecule has 1 spiro atoms. The van der Waals surface area contributed by atoms with Crippen LogP contribution in [-0.4, -0.2) is 68.1 Å². The van der Waals surface area contributed by atoms with Crippen LogP contribution < -0.4 is 5.32 Å². The van der Waals surface area contributed by atoms with Crippen LogP contribution >= 0.6 is 0 Å². The van der Waals surface area contributed by atoms with E-state index in [1.165, 1.54) is 12.1 Å². The summed E-state index contributed by atoms with van der Waals surface area (Å²) in [5, 5.41) is 18.5. The summed E-state index contributed by atoms with van der Waals surface area (Å²) in [6.45, 7) is 10.2. The van der Waals surface area contributed by atoms with E-state index in [0.29, 0.717) is 31.4 Å². The van der Waals surface area contributed by atoms with E-state index in [2.05, 4.69) is 20.4 Å². The molecule has 3 heterocycles. The number of hydrogen-bond donors (Lipinski definition) is 2. The van der Waals surface area contributed by atoms with Crippen LogP contribution in [0.25, 0.3) is 0 Å². The fourth-order valence-electron chi connectivity index (χ4n) is 4.25. The van der Waals surface area contributed by atoms with Crippen LogP contribution in [0.2, 0.25) is 0 Å². The number of alkyl halides is 3. The molecule has 0 atom stereocenters. The Bertz CT molecular complexity index is 1090. The molecule has 0 saturated carbocycles. The highest BCUT2D eigenvalue weighted by Crippen LogP contribution is 2.37. The number of piperidine rings is 1. The van der Waals surface area contributed by atoms with E-state index >= 15 is 0 Å². The Morgan fingerprint density at radius 3 is 2.24 bits per heavy atom. The van der Waals surface area contributed by atoms with Crippen molar-refractivity contribution < 1.29 is 37.0 Å². The van der Waals surface area contributed by atoms with E-state index in [9.17, 15) is 22.4 Å². The predicted molar refractivity (Wildman–Crippen MR) is 124 cm³/mol. The van der Waals surface area contributed by atoms with Crippen LogP contribution in [0.4, 0.5) is 17.6 Å². The molecule has 2 N–H and O–H groups in total. The van der Waals surface area contributed by atoms with Crippen LogP contribution in [0.15, 0.2) is 24.3 Å². The van der Waals surface area contributed by atoms with Gasteiger partial charge in [0.25, 0.3) is 5.91 Å². The Kier molecular flexibility index (Phi) is 8.58. The Hall–Kier alpha value is -3.06. The number of carbonyl (C=O) groups is 2. The SMILES string of the molecule is CC(C)(C)NC(=O)c1nnc2n1CC1(CCN(Cc3ccc(F)cc3)CC1)COC2.O=C(O)C(F)(F)F. The first-order valence-electron chi connectivity index (χ1n) is 11.8. The van der Waals surface area contributed by atoms with Crippen molar-refractivity contribution in [2.24, 2.45) is 5.41 Å². The van der Waals surface area contributed by atoms with Crippen molar-refractivity contribution in [3.8, 4) is 0 Å². The van der Waals surface area contributed by atoms with Gasteiger partial charge in [0, 0.05) is 24.0 Å². The summed E-state index contributed by atoms with van der Waals surface area (Å²) in [5.74, 6) is -2.10. The van der Waals surface area contributed by atoms with E-state index in [0.717, 1.165) is 38.0 Å². The second-order valence-corrected chi connectivity index (χ2v) is 10.4. The normalized spacial score (nSPS) is 17.8. The first kappa shape index (κ1) is 28.5. The molecular weight excluding hydrogens is 498 g/mol. The van der Waals surface area contributed by atoms with Gasteiger partial charge in [0.05, 0.1) is 6.61 Å². The standard InChI is InChI=1S/C22H30FN5O2.C2HF3O2/c1-21(2,3)24-20(29)19-26-25-18-13-30-15-22(14-28(18)19)8-10-27(11-9-22)12-16-4-6-17(23)7-5-16;3-2(4,5)1(6)7/h4-7H,8-15H2,1-3H3,(H,24,29);(H,6,7). The van der Waals surface area contributed by atoms with Crippen molar-refractivity contribution in [1.82, 2.24) is 25.0 Å². The maximum atomic E-state index is 13.1. The number of hydrogen-bond acceptors (Lipinski definition) is 6. The number of likely N-dealkylation sites (tertiary alicyclic amines) is 1. The van der Waals surface area contributed by atoms with Crippen LogP contribution in [0.3, 0.4) is 0 Å². The van der Waals surface area contributed by atoms with Crippen molar-refractivity contribution in [1.29, 1.82) is 0 Å². The zero-order valence-corrected chi connectivity index (χ0v) is 20.9. The van der Waals surface area contributed by atoms with Gasteiger partial charge in [-0.3, -0.25) is 9.69 Å². The zero-order valence-electron chi connectivity index (χ0n) is 20.9. The van der Waals surface area contributed by atoms with Crippen molar-refractivity contribution in [2.75, 3.05) is 19.7 Å². The highest BCUT2D eigenvalue weighted by atomic mass is 19.4. The van der Waals surface area contributed by atoms with Gasteiger partial charge >= 0.3 is 12.1 Å². The van der Waals surface area contributed by atoms with E-state index in [1.54, 1.807) is 0 Å². The molecule has 4 rings (SSSR count). The quantitative estimate of drug-likeness (QED) is 0.587. The maximum absolute atomic E-state index is 13.1. The topological polar surface area (TPSA) is 110 Å². The largest absolute Gasteiger partial charge is 0.490 e. The zero-order chi connectivity index (χ0) is 27.4. The minimum atomic E-state index is -5.08. The van der Waals surface area contributed by atoms with Gasteiger partial charge in [0.15, 0.2) is 5.82 Å². The van der Waals surface area contributed by atoms with Crippen LogP contribution in [0.1, 0.15) is 55.6 Å². The smallest absolute Gasteiger partial charge is 0.475 e. The molecule has 0 unspecified atom stereocenters. The van der Waals surface area contributed by atoms with Gasteiger partial charge in [0.1, 0.15) is 12.4 Å². The van der Waals surface area contributed by atoms with Gasteiger partial charge in [-0.05, 0) is 64.4 Å². The number of carboxylic acids is 1. The molecule has 204 valence electrons. The highest BCUT2D eigenvalue weighted by Gasteiger charge is 2.40. The number of ether oxygens (including phenoxy) is 1. The first-order valence-corrected chi connectivity index (χ1v) is 11.8. The van der Waals surface area contributed by atoms with Gasteiger partial charge in [-0.25, -0.2) is 9.18 Å². The summed E-state index contributed by atoms with van der Waals surface area (Å²) in [5.41, 5.74) is 0.740. The van der Waals surface area contributed by atoms with Crippen molar-refractivity contribution in [2.45, 2.75) is 65.0 Å². The molecule has 37 heavy (non-hydrogen) atoms. The summed E-state index contributed by atoms with van der Waals surface area (Å²) in [7, 11) is 0. The monoisotopic (exact) mass is 529 g/mol. The number of aromatic nitrogens is 3. The number of carboxylic acid groups (broad SMARTS) is 1. The number of fused-ring (bicyclic) bond motifs is 1. The lowest BCUT2D eigenvalue weighted by atomic mass is 9.78. The number of nitrogens with zero attached hydrogens (tertiary/aromatic N) is 4. The third-order valence-electron chi connectivity index (χ3n) is 6.13. The molecule has 0 radical (unpaired) electrons. The molecule has 9 nitrogen and oxygen atoms in total. The van der Waals surface area contributed by atoms with Crippen LogP contribution in [0.5, 0.6) is 0 Å². The number of aliphatic carboxylic acids is 1. The molecule has 1 amide bonds. The van der Waals surface area contributed by atoms with Gasteiger partial charge in [-0.1, -0.05) is 12.1 Å². The number of amides is 1. The van der Waals surface area contributed by atoms with E-state index < -0.39 is 12.1 Å². The average molecular weight is 530 g/mol. The molecule has 13 heteroatoms. The summed E-state index contributed by atoms with van der Waals surface area (Å²) in [6.07, 6.45) is -3.15. The van der Waals surface area contributed by atoms with Crippen LogP contribution in [0, 0.1) is 11.2 Å².